The van der Waals surface area contributed by atoms with Crippen LogP contribution in [0, 0.1) is 0 Å². The number of fused-ring (bicyclic) bond motifs is 1. The Morgan fingerprint density at radius 3 is 2.75 bits per heavy atom. The predicted octanol–water partition coefficient (Wildman–Crippen LogP) is 2.83. The minimum atomic E-state index is 0.00682. The van der Waals surface area contributed by atoms with Crippen LogP contribution in [0.2, 0.25) is 0 Å². The summed E-state index contributed by atoms with van der Waals surface area (Å²) in [6.45, 7) is 3.82. The predicted molar refractivity (Wildman–Crippen MR) is 62.9 cm³/mol. The zero-order chi connectivity index (χ0) is 11.5. The van der Waals surface area contributed by atoms with E-state index in [0.717, 1.165) is 17.2 Å². The molecule has 0 saturated heterocycles. The van der Waals surface area contributed by atoms with Gasteiger partial charge in [0.25, 0.3) is 0 Å². The van der Waals surface area contributed by atoms with Crippen LogP contribution in [0.3, 0.4) is 0 Å². The van der Waals surface area contributed by atoms with Gasteiger partial charge in [-0.3, -0.25) is 4.79 Å². The normalized spacial score (nSPS) is 10.7. The molecule has 1 aromatic carbocycles. The van der Waals surface area contributed by atoms with E-state index in [4.69, 9.17) is 4.74 Å². The van der Waals surface area contributed by atoms with Crippen molar-refractivity contribution in [3.8, 4) is 5.88 Å². The number of hydrogen-bond donors (Lipinski definition) is 0. The average molecular weight is 215 g/mol. The molecule has 0 saturated carbocycles. The Bertz CT molecular complexity index is 520. The number of para-hydroxylation sites is 1. The highest BCUT2D eigenvalue weighted by Gasteiger charge is 2.08. The van der Waals surface area contributed by atoms with Crippen molar-refractivity contribution in [2.24, 2.45) is 0 Å². The number of pyridine rings is 1. The summed E-state index contributed by atoms with van der Waals surface area (Å²) in [6, 6.07) is 9.45. The summed E-state index contributed by atoms with van der Waals surface area (Å²) in [7, 11) is 0. The first kappa shape index (κ1) is 10.6. The number of rotatable bonds is 3. The zero-order valence-electron chi connectivity index (χ0n) is 9.31. The van der Waals surface area contributed by atoms with Crippen LogP contribution in [-0.2, 0) is 0 Å². The molecule has 1 aromatic heterocycles. The summed E-state index contributed by atoms with van der Waals surface area (Å²) in [5.74, 6) is 0.406. The molecule has 16 heavy (non-hydrogen) atoms. The highest BCUT2D eigenvalue weighted by atomic mass is 16.5. The lowest BCUT2D eigenvalue weighted by Gasteiger charge is -2.11. The summed E-state index contributed by atoms with van der Waals surface area (Å²) in [5.41, 5.74) is 1.33. The molecular weight excluding hydrogens is 202 g/mol. The summed E-state index contributed by atoms with van der Waals surface area (Å²) in [5, 5.41) is 0.945. The summed E-state index contributed by atoms with van der Waals surface area (Å²) >= 11 is 0. The first-order valence-electron chi connectivity index (χ1n) is 5.22. The zero-order valence-corrected chi connectivity index (χ0v) is 9.31. The van der Waals surface area contributed by atoms with Crippen molar-refractivity contribution < 1.29 is 9.53 Å². The number of aldehydes is 1. The number of hydrogen-bond acceptors (Lipinski definition) is 3. The number of benzene rings is 1. The third-order valence-corrected chi connectivity index (χ3v) is 2.19. The van der Waals surface area contributed by atoms with Crippen LogP contribution in [-0.4, -0.2) is 17.4 Å². The van der Waals surface area contributed by atoms with E-state index in [0.29, 0.717) is 11.4 Å². The summed E-state index contributed by atoms with van der Waals surface area (Å²) in [6.07, 6.45) is 0.782. The quantitative estimate of drug-likeness (QED) is 0.739. The van der Waals surface area contributed by atoms with Gasteiger partial charge in [-0.05, 0) is 26.0 Å². The van der Waals surface area contributed by atoms with Crippen LogP contribution in [0.25, 0.3) is 10.9 Å². The molecule has 2 aromatic rings. The van der Waals surface area contributed by atoms with Crippen LogP contribution in [0.4, 0.5) is 0 Å². The molecule has 1 heterocycles. The molecule has 0 spiro atoms. The van der Waals surface area contributed by atoms with E-state index in [2.05, 4.69) is 4.98 Å². The van der Waals surface area contributed by atoms with Crippen LogP contribution >= 0.6 is 0 Å². The van der Waals surface area contributed by atoms with Crippen molar-refractivity contribution in [1.82, 2.24) is 4.98 Å². The second-order valence-corrected chi connectivity index (χ2v) is 3.86. The van der Waals surface area contributed by atoms with Crippen molar-refractivity contribution in [3.05, 3.63) is 35.9 Å². The minimum Gasteiger partial charge on any atom is -0.474 e. The van der Waals surface area contributed by atoms with Gasteiger partial charge in [0.15, 0.2) is 6.29 Å². The third-order valence-electron chi connectivity index (χ3n) is 2.19. The molecule has 0 fully saturated rings. The van der Waals surface area contributed by atoms with E-state index < -0.39 is 0 Å². The SMILES string of the molecule is CC(C)Oc1nc2ccccc2cc1C=O. The summed E-state index contributed by atoms with van der Waals surface area (Å²) < 4.78 is 5.50. The van der Waals surface area contributed by atoms with Crippen LogP contribution in [0.5, 0.6) is 5.88 Å². The van der Waals surface area contributed by atoms with Crippen LogP contribution in [0.1, 0.15) is 24.2 Å². The topological polar surface area (TPSA) is 39.2 Å². The molecular formula is C13H13NO2. The molecule has 2 rings (SSSR count). The lowest BCUT2D eigenvalue weighted by atomic mass is 10.1. The number of ether oxygens (including phenoxy) is 1. The van der Waals surface area contributed by atoms with Gasteiger partial charge in [0, 0.05) is 5.39 Å². The van der Waals surface area contributed by atoms with E-state index in [1.54, 1.807) is 6.07 Å². The minimum absolute atomic E-state index is 0.00682. The van der Waals surface area contributed by atoms with Crippen LogP contribution < -0.4 is 4.74 Å². The first-order chi connectivity index (χ1) is 7.70. The van der Waals surface area contributed by atoms with Crippen molar-refractivity contribution in [3.63, 3.8) is 0 Å². The fraction of sp³-hybridized carbons (Fsp3) is 0.231. The molecule has 0 unspecified atom stereocenters. The van der Waals surface area contributed by atoms with Gasteiger partial charge in [-0.1, -0.05) is 18.2 Å². The molecule has 0 bridgehead atoms. The number of carbonyl (C=O) groups is 1. The maximum Gasteiger partial charge on any atom is 0.224 e. The Balaban J connectivity index is 2.58. The highest BCUT2D eigenvalue weighted by molar-refractivity contribution is 5.88. The molecule has 0 radical (unpaired) electrons. The lowest BCUT2D eigenvalue weighted by Crippen LogP contribution is -2.09. The fourth-order valence-corrected chi connectivity index (χ4v) is 1.52. The second kappa shape index (κ2) is 4.31. The Hall–Kier alpha value is -1.90. The maximum absolute atomic E-state index is 10.9. The van der Waals surface area contributed by atoms with Gasteiger partial charge in [0.2, 0.25) is 5.88 Å². The fourth-order valence-electron chi connectivity index (χ4n) is 1.52. The molecule has 3 heteroatoms. The molecule has 3 nitrogen and oxygen atoms in total. The largest absolute Gasteiger partial charge is 0.474 e. The number of carbonyl (C=O) groups excluding carboxylic acids is 1. The first-order valence-corrected chi connectivity index (χ1v) is 5.22. The second-order valence-electron chi connectivity index (χ2n) is 3.86. The molecule has 0 aliphatic heterocycles. The third kappa shape index (κ3) is 2.03. The smallest absolute Gasteiger partial charge is 0.224 e. The van der Waals surface area contributed by atoms with Gasteiger partial charge >= 0.3 is 0 Å². The van der Waals surface area contributed by atoms with E-state index in [1.807, 2.05) is 38.1 Å². The van der Waals surface area contributed by atoms with Crippen molar-refractivity contribution in [1.29, 1.82) is 0 Å². The molecule has 0 aliphatic rings. The van der Waals surface area contributed by atoms with Gasteiger partial charge < -0.3 is 4.74 Å². The molecule has 0 aliphatic carbocycles. The van der Waals surface area contributed by atoms with Crippen molar-refractivity contribution >= 4 is 17.2 Å². The van der Waals surface area contributed by atoms with Crippen LogP contribution in [0.15, 0.2) is 30.3 Å². The summed E-state index contributed by atoms with van der Waals surface area (Å²) in [4.78, 5) is 15.3. The maximum atomic E-state index is 10.9. The molecule has 82 valence electrons. The van der Waals surface area contributed by atoms with Gasteiger partial charge in [0.05, 0.1) is 17.2 Å². The van der Waals surface area contributed by atoms with E-state index in [9.17, 15) is 4.79 Å². The average Bonchev–Trinajstić information content (AvgIpc) is 2.27. The molecule has 0 amide bonds. The van der Waals surface area contributed by atoms with E-state index >= 15 is 0 Å². The van der Waals surface area contributed by atoms with Gasteiger partial charge in [-0.15, -0.1) is 0 Å². The Labute approximate surface area is 94.1 Å². The molecule has 0 N–H and O–H groups in total. The van der Waals surface area contributed by atoms with Crippen molar-refractivity contribution in [2.45, 2.75) is 20.0 Å². The Morgan fingerprint density at radius 1 is 1.31 bits per heavy atom. The molecule has 0 atom stereocenters. The van der Waals surface area contributed by atoms with E-state index in [1.165, 1.54) is 0 Å². The number of nitrogens with zero attached hydrogens (tertiary/aromatic N) is 1. The van der Waals surface area contributed by atoms with Gasteiger partial charge in [-0.25, -0.2) is 4.98 Å². The monoisotopic (exact) mass is 215 g/mol. The van der Waals surface area contributed by atoms with Gasteiger partial charge in [-0.2, -0.15) is 0 Å². The number of aromatic nitrogens is 1. The Morgan fingerprint density at radius 2 is 2.06 bits per heavy atom. The standard InChI is InChI=1S/C13H13NO2/c1-9(2)16-13-11(8-15)7-10-5-3-4-6-12(10)14-13/h3-9H,1-2H3. The van der Waals surface area contributed by atoms with Crippen molar-refractivity contribution in [2.75, 3.05) is 0 Å². The Kier molecular flexibility index (Phi) is 2.86. The highest BCUT2D eigenvalue weighted by Crippen LogP contribution is 2.21. The van der Waals surface area contributed by atoms with Gasteiger partial charge in [0.1, 0.15) is 0 Å². The lowest BCUT2D eigenvalue weighted by molar-refractivity contribution is 0.111. The van der Waals surface area contributed by atoms with E-state index in [-0.39, 0.29) is 6.10 Å².